The molecule has 10 heteroatoms. The second-order valence-electron chi connectivity index (χ2n) is 5.67. The van der Waals surface area contributed by atoms with E-state index in [2.05, 4.69) is 0 Å². The molecule has 0 bridgehead atoms. The maximum atomic E-state index is 10.6. The summed E-state index contributed by atoms with van der Waals surface area (Å²) in [5.74, 6) is -4.65. The van der Waals surface area contributed by atoms with Gasteiger partial charge < -0.3 is 42.1 Å². The van der Waals surface area contributed by atoms with Crippen molar-refractivity contribution in [2.24, 2.45) is 11.5 Å². The minimum absolute atomic E-state index is 0.114. The lowest BCUT2D eigenvalue weighted by atomic mass is 10.1. The SMILES string of the molecule is N[C@@H](Cc1ccc(O)c(O)c1)C(=O)O.[2H]c1c([2H])c(C[C@H](N)C(=O)O)c([2H])c(O)c1O. The molecule has 0 radical (unpaired) electrons. The molecule has 152 valence electrons. The molecular formula is C18H22N2O8. The third-order valence-corrected chi connectivity index (χ3v) is 3.38. The highest BCUT2D eigenvalue weighted by molar-refractivity contribution is 5.74. The monoisotopic (exact) mass is 397 g/mol. The first-order valence-corrected chi connectivity index (χ1v) is 7.76. The largest absolute Gasteiger partial charge is 0.504 e. The number of phenolic OH excluding ortho intramolecular Hbond substituents is 4. The number of carboxylic acids is 2. The van der Waals surface area contributed by atoms with Crippen molar-refractivity contribution in [2.45, 2.75) is 24.9 Å². The number of hydrogen-bond acceptors (Lipinski definition) is 8. The second-order valence-corrected chi connectivity index (χ2v) is 5.67. The van der Waals surface area contributed by atoms with Crippen LogP contribution in [-0.4, -0.2) is 54.7 Å². The van der Waals surface area contributed by atoms with E-state index in [1.807, 2.05) is 0 Å². The molecule has 0 aliphatic heterocycles. The first kappa shape index (κ1) is 17.9. The van der Waals surface area contributed by atoms with Crippen LogP contribution >= 0.6 is 0 Å². The van der Waals surface area contributed by atoms with Crippen molar-refractivity contribution >= 4 is 11.9 Å². The van der Waals surface area contributed by atoms with E-state index in [4.69, 9.17) is 36.0 Å². The van der Waals surface area contributed by atoms with E-state index in [0.29, 0.717) is 5.56 Å². The van der Waals surface area contributed by atoms with Crippen LogP contribution in [-0.2, 0) is 22.4 Å². The summed E-state index contributed by atoms with van der Waals surface area (Å²) in [6.07, 6.45) is -0.254. The molecule has 0 unspecified atom stereocenters. The fourth-order valence-electron chi connectivity index (χ4n) is 1.87. The number of carboxylic acid groups (broad SMARTS) is 2. The molecule has 0 fully saturated rings. The molecule has 0 spiro atoms. The number of aliphatic carboxylic acids is 2. The van der Waals surface area contributed by atoms with Crippen LogP contribution < -0.4 is 11.5 Å². The predicted octanol–water partition coefficient (Wildman–Crippen LogP) is 0.104. The molecule has 0 amide bonds. The van der Waals surface area contributed by atoms with E-state index in [9.17, 15) is 19.8 Å². The Kier molecular flexibility index (Phi) is 6.39. The van der Waals surface area contributed by atoms with Gasteiger partial charge in [0.05, 0.1) is 4.11 Å². The van der Waals surface area contributed by atoms with Gasteiger partial charge in [0.25, 0.3) is 0 Å². The molecule has 28 heavy (non-hydrogen) atoms. The maximum absolute atomic E-state index is 10.6. The Morgan fingerprint density at radius 1 is 0.821 bits per heavy atom. The van der Waals surface area contributed by atoms with Crippen LogP contribution in [0.15, 0.2) is 36.3 Å². The molecule has 2 aromatic rings. The van der Waals surface area contributed by atoms with Gasteiger partial charge in [0.15, 0.2) is 23.0 Å². The van der Waals surface area contributed by atoms with Crippen LogP contribution in [0.5, 0.6) is 23.0 Å². The van der Waals surface area contributed by atoms with Crippen molar-refractivity contribution < 1.29 is 44.3 Å². The van der Waals surface area contributed by atoms with E-state index < -0.39 is 53.6 Å². The number of rotatable bonds is 6. The molecule has 0 heterocycles. The fraction of sp³-hybridized carbons (Fsp3) is 0.222. The Bertz CT molecular complexity index is 958. The fourth-order valence-corrected chi connectivity index (χ4v) is 1.87. The van der Waals surface area contributed by atoms with Gasteiger partial charge in [-0.2, -0.15) is 0 Å². The number of carbonyl (C=O) groups is 2. The van der Waals surface area contributed by atoms with Crippen molar-refractivity contribution in [3.8, 4) is 23.0 Å². The molecular weight excluding hydrogens is 372 g/mol. The summed E-state index contributed by atoms with van der Waals surface area (Å²) in [6, 6.07) is -0.00587. The Balaban J connectivity index is 0.000000316. The quantitative estimate of drug-likeness (QED) is 0.308. The van der Waals surface area contributed by atoms with Gasteiger partial charge >= 0.3 is 11.9 Å². The highest BCUT2D eigenvalue weighted by Crippen LogP contribution is 2.26. The van der Waals surface area contributed by atoms with Gasteiger partial charge in [-0.15, -0.1) is 0 Å². The lowest BCUT2D eigenvalue weighted by Crippen LogP contribution is -2.32. The molecule has 0 saturated carbocycles. The van der Waals surface area contributed by atoms with Crippen molar-refractivity contribution in [3.05, 3.63) is 47.5 Å². The summed E-state index contributed by atoms with van der Waals surface area (Å²) in [5.41, 5.74) is 10.9. The second kappa shape index (κ2) is 10.00. The minimum Gasteiger partial charge on any atom is -0.504 e. The van der Waals surface area contributed by atoms with E-state index in [-0.39, 0.29) is 29.9 Å². The highest BCUT2D eigenvalue weighted by Gasteiger charge is 2.13. The van der Waals surface area contributed by atoms with E-state index in [0.717, 1.165) is 0 Å². The summed E-state index contributed by atoms with van der Waals surface area (Å²) in [4.78, 5) is 21.0. The summed E-state index contributed by atoms with van der Waals surface area (Å²) in [6.45, 7) is 0. The normalized spacial score (nSPS) is 13.9. The summed E-state index contributed by atoms with van der Waals surface area (Å²) in [5, 5.41) is 53.8. The number of hydrogen-bond donors (Lipinski definition) is 8. The van der Waals surface area contributed by atoms with Crippen LogP contribution in [0.4, 0.5) is 0 Å². The zero-order valence-electron chi connectivity index (χ0n) is 17.5. The summed E-state index contributed by atoms with van der Waals surface area (Å²) >= 11 is 0. The van der Waals surface area contributed by atoms with Gasteiger partial charge in [-0.1, -0.05) is 12.1 Å². The van der Waals surface area contributed by atoms with E-state index in [1.165, 1.54) is 18.2 Å². The van der Waals surface area contributed by atoms with Crippen LogP contribution in [0.1, 0.15) is 15.2 Å². The van der Waals surface area contributed by atoms with Crippen molar-refractivity contribution in [2.75, 3.05) is 0 Å². The average molecular weight is 397 g/mol. The third-order valence-electron chi connectivity index (χ3n) is 3.38. The number of phenols is 4. The minimum atomic E-state index is -1.34. The van der Waals surface area contributed by atoms with Gasteiger partial charge in [-0.05, 0) is 48.2 Å². The molecule has 2 atom stereocenters. The molecule has 2 aromatic carbocycles. The number of aromatic hydroxyl groups is 4. The lowest BCUT2D eigenvalue weighted by molar-refractivity contribution is -0.139. The van der Waals surface area contributed by atoms with Crippen molar-refractivity contribution in [1.29, 1.82) is 0 Å². The standard InChI is InChI=1S/2C9H11NO4/c2*10-6(9(13)14)3-5-1-2-7(11)8(12)4-5/h2*1-2,4,6,11-12H,3,10H2,(H,13,14)/t2*6-/m00/s1/i1D,2D,4D;. The Morgan fingerprint density at radius 2 is 1.36 bits per heavy atom. The first-order valence-electron chi connectivity index (χ1n) is 9.26. The molecule has 2 rings (SSSR count). The molecule has 10 N–H and O–H groups in total. The summed E-state index contributed by atoms with van der Waals surface area (Å²) < 4.78 is 22.2. The van der Waals surface area contributed by atoms with Gasteiger partial charge in [-0.25, -0.2) is 0 Å². The van der Waals surface area contributed by atoms with Crippen molar-refractivity contribution in [1.82, 2.24) is 0 Å². The number of nitrogens with two attached hydrogens (primary N) is 2. The predicted molar refractivity (Wildman–Crippen MR) is 98.2 cm³/mol. The Morgan fingerprint density at radius 3 is 1.86 bits per heavy atom. The smallest absolute Gasteiger partial charge is 0.320 e. The van der Waals surface area contributed by atoms with Crippen LogP contribution in [0.2, 0.25) is 0 Å². The van der Waals surface area contributed by atoms with Crippen LogP contribution in [0.25, 0.3) is 0 Å². The van der Waals surface area contributed by atoms with Crippen LogP contribution in [0.3, 0.4) is 0 Å². The van der Waals surface area contributed by atoms with E-state index in [1.54, 1.807) is 0 Å². The van der Waals surface area contributed by atoms with Gasteiger partial charge in [0.2, 0.25) is 0 Å². The van der Waals surface area contributed by atoms with Gasteiger partial charge in [0.1, 0.15) is 12.1 Å². The molecule has 0 aromatic heterocycles. The first-order chi connectivity index (χ1) is 14.3. The van der Waals surface area contributed by atoms with Crippen molar-refractivity contribution in [3.63, 3.8) is 0 Å². The zero-order chi connectivity index (χ0) is 24.0. The third kappa shape index (κ3) is 7.02. The maximum Gasteiger partial charge on any atom is 0.320 e. The molecule has 10 nitrogen and oxygen atoms in total. The zero-order valence-corrected chi connectivity index (χ0v) is 14.5. The average Bonchev–Trinajstić information content (AvgIpc) is 2.71. The van der Waals surface area contributed by atoms with Gasteiger partial charge in [0, 0.05) is 0 Å². The van der Waals surface area contributed by atoms with Crippen LogP contribution in [0, 0.1) is 0 Å². The molecule has 0 saturated heterocycles. The number of benzene rings is 2. The van der Waals surface area contributed by atoms with Gasteiger partial charge in [-0.3, -0.25) is 9.59 Å². The lowest BCUT2D eigenvalue weighted by Gasteiger charge is -2.06. The molecule has 0 aliphatic rings. The summed E-state index contributed by atoms with van der Waals surface area (Å²) in [7, 11) is 0. The highest BCUT2D eigenvalue weighted by atomic mass is 16.4. The Labute approximate surface area is 164 Å². The Hall–Kier alpha value is -3.50. The molecule has 0 aliphatic carbocycles. The van der Waals surface area contributed by atoms with E-state index >= 15 is 0 Å². The topological polar surface area (TPSA) is 208 Å².